The molecular formula is C24H19BrN2OS. The van der Waals surface area contributed by atoms with E-state index in [-0.39, 0.29) is 5.91 Å². The third-order valence-corrected chi connectivity index (χ3v) is 6.14. The first-order valence-corrected chi connectivity index (χ1v) is 10.8. The van der Waals surface area contributed by atoms with Crippen LogP contribution in [0.5, 0.6) is 0 Å². The summed E-state index contributed by atoms with van der Waals surface area (Å²) in [6.45, 7) is 4.14. The van der Waals surface area contributed by atoms with Crippen molar-refractivity contribution in [3.63, 3.8) is 0 Å². The molecular weight excluding hydrogens is 444 g/mol. The fourth-order valence-corrected chi connectivity index (χ4v) is 4.20. The fourth-order valence-electron chi connectivity index (χ4n) is 2.95. The number of thiazole rings is 1. The molecule has 5 heteroatoms. The molecule has 0 aliphatic heterocycles. The lowest BCUT2D eigenvalue weighted by Crippen LogP contribution is -2.11. The summed E-state index contributed by atoms with van der Waals surface area (Å²) in [6.07, 6.45) is 0. The molecule has 1 heterocycles. The van der Waals surface area contributed by atoms with E-state index in [0.29, 0.717) is 10.7 Å². The molecule has 4 rings (SSSR count). The summed E-state index contributed by atoms with van der Waals surface area (Å²) in [6, 6.07) is 24.0. The van der Waals surface area contributed by atoms with Gasteiger partial charge in [-0.1, -0.05) is 86.9 Å². The molecule has 1 amide bonds. The molecule has 0 saturated carbocycles. The monoisotopic (exact) mass is 462 g/mol. The zero-order valence-electron chi connectivity index (χ0n) is 16.1. The number of aryl methyl sites for hydroxylation is 2. The minimum absolute atomic E-state index is 0.169. The van der Waals surface area contributed by atoms with Crippen LogP contribution in [0.3, 0.4) is 0 Å². The molecule has 0 aliphatic carbocycles. The van der Waals surface area contributed by atoms with Gasteiger partial charge in [-0.05, 0) is 43.7 Å². The highest BCUT2D eigenvalue weighted by molar-refractivity contribution is 9.10. The summed E-state index contributed by atoms with van der Waals surface area (Å²) in [7, 11) is 0. The second-order valence-electron chi connectivity index (χ2n) is 6.89. The summed E-state index contributed by atoms with van der Waals surface area (Å²) >= 11 is 4.89. The van der Waals surface area contributed by atoms with Crippen LogP contribution in [0, 0.1) is 13.8 Å². The molecule has 4 aromatic rings. The zero-order valence-corrected chi connectivity index (χ0v) is 18.5. The number of aromatic nitrogens is 1. The maximum atomic E-state index is 12.6. The first kappa shape index (κ1) is 19.6. The quantitative estimate of drug-likeness (QED) is 0.351. The highest BCUT2D eigenvalue weighted by atomic mass is 79.9. The second-order valence-corrected chi connectivity index (χ2v) is 8.80. The van der Waals surface area contributed by atoms with Crippen molar-refractivity contribution in [2.24, 2.45) is 0 Å². The Balaban J connectivity index is 1.72. The average molecular weight is 463 g/mol. The maximum absolute atomic E-state index is 12.6. The Labute approximate surface area is 182 Å². The number of nitrogens with zero attached hydrogens (tertiary/aromatic N) is 1. The first-order chi connectivity index (χ1) is 14.0. The van der Waals surface area contributed by atoms with Crippen molar-refractivity contribution in [3.05, 3.63) is 94.0 Å². The second kappa shape index (κ2) is 8.31. The number of carbonyl (C=O) groups excluding carboxylic acids is 1. The predicted octanol–water partition coefficient (Wildman–Crippen LogP) is 7.11. The molecule has 3 nitrogen and oxygen atoms in total. The SMILES string of the molecule is Cc1ccc(-c2nc(NC(=O)c3ccc(Br)cc3)sc2-c2ccc(C)cc2)cc1. The number of hydrogen-bond acceptors (Lipinski definition) is 3. The normalized spacial score (nSPS) is 10.7. The molecule has 0 radical (unpaired) electrons. The summed E-state index contributed by atoms with van der Waals surface area (Å²) in [5, 5.41) is 3.54. The molecule has 1 N–H and O–H groups in total. The molecule has 1 aromatic heterocycles. The average Bonchev–Trinajstić information content (AvgIpc) is 3.13. The van der Waals surface area contributed by atoms with E-state index >= 15 is 0 Å². The number of amides is 1. The van der Waals surface area contributed by atoms with E-state index in [2.05, 4.69) is 83.6 Å². The van der Waals surface area contributed by atoms with Crippen LogP contribution in [-0.2, 0) is 0 Å². The van der Waals surface area contributed by atoms with Crippen LogP contribution in [0.15, 0.2) is 77.3 Å². The Bertz CT molecular complexity index is 1080. The minimum atomic E-state index is -0.169. The zero-order chi connectivity index (χ0) is 20.4. The van der Waals surface area contributed by atoms with Gasteiger partial charge in [-0.2, -0.15) is 0 Å². The molecule has 3 aromatic carbocycles. The molecule has 0 unspecified atom stereocenters. The Hall–Kier alpha value is -2.76. The van der Waals surface area contributed by atoms with E-state index < -0.39 is 0 Å². The van der Waals surface area contributed by atoms with Gasteiger partial charge in [0.05, 0.1) is 10.6 Å². The van der Waals surface area contributed by atoms with Gasteiger partial charge in [-0.25, -0.2) is 4.98 Å². The Morgan fingerprint density at radius 2 is 1.38 bits per heavy atom. The van der Waals surface area contributed by atoms with E-state index in [0.717, 1.165) is 26.2 Å². The summed E-state index contributed by atoms with van der Waals surface area (Å²) in [4.78, 5) is 18.5. The lowest BCUT2D eigenvalue weighted by Gasteiger charge is -2.04. The van der Waals surface area contributed by atoms with Crippen LogP contribution < -0.4 is 5.32 Å². The van der Waals surface area contributed by atoms with E-state index in [1.165, 1.54) is 22.5 Å². The molecule has 29 heavy (non-hydrogen) atoms. The number of halogens is 1. The van der Waals surface area contributed by atoms with Crippen LogP contribution in [0.4, 0.5) is 5.13 Å². The molecule has 0 atom stereocenters. The van der Waals surface area contributed by atoms with Crippen LogP contribution in [0.25, 0.3) is 21.7 Å². The van der Waals surface area contributed by atoms with Crippen molar-refractivity contribution in [1.29, 1.82) is 0 Å². The number of anilines is 1. The lowest BCUT2D eigenvalue weighted by molar-refractivity contribution is 0.102. The maximum Gasteiger partial charge on any atom is 0.257 e. The number of hydrogen-bond donors (Lipinski definition) is 1. The van der Waals surface area contributed by atoms with Crippen LogP contribution >= 0.6 is 27.3 Å². The third-order valence-electron chi connectivity index (χ3n) is 4.59. The minimum Gasteiger partial charge on any atom is -0.298 e. The largest absolute Gasteiger partial charge is 0.298 e. The van der Waals surface area contributed by atoms with E-state index in [1.807, 2.05) is 12.1 Å². The number of nitrogens with one attached hydrogen (secondary N) is 1. The van der Waals surface area contributed by atoms with Gasteiger partial charge in [0.25, 0.3) is 5.91 Å². The topological polar surface area (TPSA) is 42.0 Å². The first-order valence-electron chi connectivity index (χ1n) is 9.21. The Kier molecular flexibility index (Phi) is 5.60. The summed E-state index contributed by atoms with van der Waals surface area (Å²) in [5.41, 5.74) is 6.00. The van der Waals surface area contributed by atoms with Gasteiger partial charge in [0.15, 0.2) is 5.13 Å². The van der Waals surface area contributed by atoms with Gasteiger partial charge in [0.1, 0.15) is 0 Å². The molecule has 0 bridgehead atoms. The van der Waals surface area contributed by atoms with Crippen molar-refractivity contribution < 1.29 is 4.79 Å². The van der Waals surface area contributed by atoms with Crippen LogP contribution in [-0.4, -0.2) is 10.9 Å². The van der Waals surface area contributed by atoms with Gasteiger partial charge in [-0.15, -0.1) is 0 Å². The molecule has 0 fully saturated rings. The highest BCUT2D eigenvalue weighted by Gasteiger charge is 2.17. The van der Waals surface area contributed by atoms with Crippen molar-refractivity contribution in [2.45, 2.75) is 13.8 Å². The summed E-state index contributed by atoms with van der Waals surface area (Å²) < 4.78 is 0.937. The number of benzene rings is 3. The van der Waals surface area contributed by atoms with Crippen molar-refractivity contribution >= 4 is 38.3 Å². The standard InChI is InChI=1S/C24H19BrN2OS/c1-15-3-7-17(8-4-15)21-22(18-9-5-16(2)6-10-18)29-24(26-21)27-23(28)19-11-13-20(25)14-12-19/h3-14H,1-2H3,(H,26,27,28). The summed E-state index contributed by atoms with van der Waals surface area (Å²) in [5.74, 6) is -0.169. The van der Waals surface area contributed by atoms with Gasteiger partial charge >= 0.3 is 0 Å². The van der Waals surface area contributed by atoms with Gasteiger partial charge < -0.3 is 0 Å². The lowest BCUT2D eigenvalue weighted by atomic mass is 10.0. The molecule has 144 valence electrons. The van der Waals surface area contributed by atoms with Gasteiger partial charge in [0, 0.05) is 15.6 Å². The molecule has 0 saturated heterocycles. The van der Waals surface area contributed by atoms with E-state index in [9.17, 15) is 4.79 Å². The van der Waals surface area contributed by atoms with Gasteiger partial charge in [0.2, 0.25) is 0 Å². The Morgan fingerprint density at radius 3 is 1.97 bits per heavy atom. The number of carbonyl (C=O) groups is 1. The fraction of sp³-hybridized carbons (Fsp3) is 0.0833. The van der Waals surface area contributed by atoms with Crippen LogP contribution in [0.1, 0.15) is 21.5 Å². The highest BCUT2D eigenvalue weighted by Crippen LogP contribution is 2.39. The molecule has 0 aliphatic rings. The van der Waals surface area contributed by atoms with Crippen molar-refractivity contribution in [2.75, 3.05) is 5.32 Å². The predicted molar refractivity (Wildman–Crippen MR) is 125 cm³/mol. The van der Waals surface area contributed by atoms with E-state index in [4.69, 9.17) is 4.98 Å². The Morgan fingerprint density at radius 1 is 0.828 bits per heavy atom. The van der Waals surface area contributed by atoms with Crippen LogP contribution in [0.2, 0.25) is 0 Å². The van der Waals surface area contributed by atoms with Crippen molar-refractivity contribution in [1.82, 2.24) is 4.98 Å². The van der Waals surface area contributed by atoms with E-state index in [1.54, 1.807) is 12.1 Å². The number of rotatable bonds is 4. The third kappa shape index (κ3) is 4.47. The van der Waals surface area contributed by atoms with Gasteiger partial charge in [-0.3, -0.25) is 10.1 Å². The molecule has 0 spiro atoms. The smallest absolute Gasteiger partial charge is 0.257 e. The van der Waals surface area contributed by atoms with Crippen molar-refractivity contribution in [3.8, 4) is 21.7 Å².